The van der Waals surface area contributed by atoms with Crippen molar-refractivity contribution in [2.24, 2.45) is 0 Å². The van der Waals surface area contributed by atoms with E-state index in [0.29, 0.717) is 12.1 Å². The zero-order valence-corrected chi connectivity index (χ0v) is 12.1. The third-order valence-electron chi connectivity index (χ3n) is 2.68. The number of hydrogen-bond donors (Lipinski definition) is 0. The molecule has 4 nitrogen and oxygen atoms in total. The average Bonchev–Trinajstić information content (AvgIpc) is 2.38. The maximum atomic E-state index is 12.5. The highest BCUT2D eigenvalue weighted by Crippen LogP contribution is 2.17. The van der Waals surface area contributed by atoms with Gasteiger partial charge in [-0.3, -0.25) is 4.79 Å². The summed E-state index contributed by atoms with van der Waals surface area (Å²) in [5.74, 6) is -0.150. The van der Waals surface area contributed by atoms with Crippen LogP contribution < -0.4 is 0 Å². The molecule has 0 saturated carbocycles. The number of rotatable bonds is 7. The van der Waals surface area contributed by atoms with Crippen LogP contribution in [0, 0.1) is 0 Å². The maximum Gasteiger partial charge on any atom is 0.243 e. The number of carbonyl (C=O) groups is 1. The molecule has 0 unspecified atom stereocenters. The molecule has 19 heavy (non-hydrogen) atoms. The van der Waals surface area contributed by atoms with Gasteiger partial charge in [-0.05, 0) is 25.5 Å². The fourth-order valence-corrected chi connectivity index (χ4v) is 3.28. The minimum Gasteiger partial charge on any atom is -0.295 e. The molecule has 0 saturated heterocycles. The molecule has 0 spiro atoms. The molecule has 0 aliphatic heterocycles. The van der Waals surface area contributed by atoms with Crippen molar-refractivity contribution in [2.45, 2.75) is 25.2 Å². The molecule has 0 aliphatic rings. The summed E-state index contributed by atoms with van der Waals surface area (Å²) in [6, 6.07) is 6.12. The van der Waals surface area contributed by atoms with E-state index in [9.17, 15) is 13.2 Å². The first-order chi connectivity index (χ1) is 8.93. The van der Waals surface area contributed by atoms with Gasteiger partial charge in [0, 0.05) is 18.7 Å². The number of hydrogen-bond acceptors (Lipinski definition) is 3. The lowest BCUT2D eigenvalue weighted by Crippen LogP contribution is -2.32. The van der Waals surface area contributed by atoms with Gasteiger partial charge in [-0.15, -0.1) is 6.58 Å². The summed E-state index contributed by atoms with van der Waals surface area (Å²) in [6.07, 6.45) is 2.28. The van der Waals surface area contributed by atoms with E-state index in [1.54, 1.807) is 18.2 Å². The van der Waals surface area contributed by atoms with Gasteiger partial charge < -0.3 is 0 Å². The fraction of sp³-hybridized carbons (Fsp3) is 0.357. The van der Waals surface area contributed by atoms with Gasteiger partial charge >= 0.3 is 0 Å². The summed E-state index contributed by atoms with van der Waals surface area (Å²) in [4.78, 5) is 11.5. The normalized spacial score (nSPS) is 11.5. The molecule has 0 heterocycles. The van der Waals surface area contributed by atoms with Crippen LogP contribution >= 0.6 is 0 Å². The van der Waals surface area contributed by atoms with Gasteiger partial charge in [0.2, 0.25) is 10.0 Å². The summed E-state index contributed by atoms with van der Waals surface area (Å²) >= 11 is 0. The summed E-state index contributed by atoms with van der Waals surface area (Å²) in [6.45, 7) is 7.60. The second kappa shape index (κ2) is 6.63. The van der Waals surface area contributed by atoms with Gasteiger partial charge in [-0.25, -0.2) is 8.42 Å². The third kappa shape index (κ3) is 3.75. The summed E-state index contributed by atoms with van der Waals surface area (Å²) in [5.41, 5.74) is 0.399. The number of nitrogens with zero attached hydrogens (tertiary/aromatic N) is 1. The lowest BCUT2D eigenvalue weighted by molar-refractivity contribution is 0.101. The topological polar surface area (TPSA) is 54.5 Å². The van der Waals surface area contributed by atoms with Crippen LogP contribution in [0.4, 0.5) is 0 Å². The molecule has 104 valence electrons. The number of Topliss-reactive ketones (excluding diaryl/α,β-unsaturated/α-hetero) is 1. The fourth-order valence-electron chi connectivity index (χ4n) is 1.73. The van der Waals surface area contributed by atoms with Crippen molar-refractivity contribution >= 4 is 15.8 Å². The van der Waals surface area contributed by atoms with E-state index < -0.39 is 10.0 Å². The first-order valence-electron chi connectivity index (χ1n) is 6.15. The number of benzene rings is 1. The summed E-state index contributed by atoms with van der Waals surface area (Å²) in [7, 11) is -3.57. The van der Waals surface area contributed by atoms with Crippen LogP contribution in [-0.4, -0.2) is 31.6 Å². The standard InChI is InChI=1S/C14H19NO3S/c1-4-9-15(10-5-2)19(17,18)14-8-6-7-13(11-14)12(3)16/h4,6-8,11H,1,5,9-10H2,2-3H3. The van der Waals surface area contributed by atoms with Crippen LogP contribution in [0.5, 0.6) is 0 Å². The number of carbonyl (C=O) groups excluding carboxylic acids is 1. The minimum absolute atomic E-state index is 0.149. The molecule has 5 heteroatoms. The second-order valence-corrected chi connectivity index (χ2v) is 6.17. The van der Waals surface area contributed by atoms with E-state index in [4.69, 9.17) is 0 Å². The third-order valence-corrected chi connectivity index (χ3v) is 4.55. The summed E-state index contributed by atoms with van der Waals surface area (Å²) in [5, 5.41) is 0. The Hall–Kier alpha value is -1.46. The van der Waals surface area contributed by atoms with Crippen molar-refractivity contribution in [1.82, 2.24) is 4.31 Å². The van der Waals surface area contributed by atoms with Crippen molar-refractivity contribution in [2.75, 3.05) is 13.1 Å². The highest BCUT2D eigenvalue weighted by molar-refractivity contribution is 7.89. The molecule has 0 atom stereocenters. The van der Waals surface area contributed by atoms with Crippen LogP contribution in [0.25, 0.3) is 0 Å². The van der Waals surface area contributed by atoms with Crippen molar-refractivity contribution in [3.8, 4) is 0 Å². The van der Waals surface area contributed by atoms with Gasteiger partial charge in [0.1, 0.15) is 0 Å². The molecule has 0 amide bonds. The smallest absolute Gasteiger partial charge is 0.243 e. The highest BCUT2D eigenvalue weighted by atomic mass is 32.2. The van der Waals surface area contributed by atoms with Gasteiger partial charge in [-0.2, -0.15) is 4.31 Å². The minimum atomic E-state index is -3.57. The van der Waals surface area contributed by atoms with Crippen molar-refractivity contribution in [3.63, 3.8) is 0 Å². The molecule has 0 bridgehead atoms. The monoisotopic (exact) mass is 281 g/mol. The Morgan fingerprint density at radius 2 is 2.11 bits per heavy atom. The van der Waals surface area contributed by atoms with E-state index in [-0.39, 0.29) is 17.2 Å². The van der Waals surface area contributed by atoms with Crippen molar-refractivity contribution < 1.29 is 13.2 Å². The molecule has 0 radical (unpaired) electrons. The van der Waals surface area contributed by atoms with E-state index in [2.05, 4.69) is 6.58 Å². The molecular formula is C14H19NO3S. The zero-order valence-electron chi connectivity index (χ0n) is 11.3. The van der Waals surface area contributed by atoms with Crippen LogP contribution in [0.2, 0.25) is 0 Å². The molecule has 1 aromatic rings. The Balaban J connectivity index is 3.20. The van der Waals surface area contributed by atoms with Crippen LogP contribution in [-0.2, 0) is 10.0 Å². The Morgan fingerprint density at radius 3 is 2.63 bits per heavy atom. The van der Waals surface area contributed by atoms with E-state index in [1.807, 2.05) is 6.92 Å². The van der Waals surface area contributed by atoms with E-state index in [0.717, 1.165) is 6.42 Å². The first-order valence-corrected chi connectivity index (χ1v) is 7.59. The van der Waals surface area contributed by atoms with Gasteiger partial charge in [0.15, 0.2) is 5.78 Å². The Labute approximate surface area is 114 Å². The lowest BCUT2D eigenvalue weighted by Gasteiger charge is -2.20. The maximum absolute atomic E-state index is 12.5. The number of ketones is 1. The van der Waals surface area contributed by atoms with Gasteiger partial charge in [0.25, 0.3) is 0 Å². The second-order valence-electron chi connectivity index (χ2n) is 4.24. The quantitative estimate of drug-likeness (QED) is 0.570. The Morgan fingerprint density at radius 1 is 1.42 bits per heavy atom. The predicted octanol–water partition coefficient (Wildman–Crippen LogP) is 2.48. The van der Waals surface area contributed by atoms with Crippen molar-refractivity contribution in [1.29, 1.82) is 0 Å². The molecule has 0 aromatic heterocycles. The van der Waals surface area contributed by atoms with Gasteiger partial charge in [0.05, 0.1) is 4.90 Å². The van der Waals surface area contributed by atoms with Crippen LogP contribution in [0.3, 0.4) is 0 Å². The lowest BCUT2D eigenvalue weighted by atomic mass is 10.2. The highest BCUT2D eigenvalue weighted by Gasteiger charge is 2.23. The molecule has 1 rings (SSSR count). The zero-order chi connectivity index (χ0) is 14.5. The molecule has 0 fully saturated rings. The van der Waals surface area contributed by atoms with Crippen LogP contribution in [0.15, 0.2) is 41.8 Å². The Kier molecular flexibility index (Phi) is 5.44. The largest absolute Gasteiger partial charge is 0.295 e. The van der Waals surface area contributed by atoms with E-state index >= 15 is 0 Å². The van der Waals surface area contributed by atoms with Gasteiger partial charge in [-0.1, -0.05) is 25.1 Å². The molecular weight excluding hydrogens is 262 g/mol. The van der Waals surface area contributed by atoms with Crippen LogP contribution in [0.1, 0.15) is 30.6 Å². The SMILES string of the molecule is C=CCN(CCC)S(=O)(=O)c1cccc(C(C)=O)c1. The summed E-state index contributed by atoms with van der Waals surface area (Å²) < 4.78 is 26.3. The molecule has 1 aromatic carbocycles. The number of sulfonamides is 1. The Bertz CT molecular complexity index is 564. The predicted molar refractivity (Wildman–Crippen MR) is 75.7 cm³/mol. The average molecular weight is 281 g/mol. The molecule has 0 aliphatic carbocycles. The van der Waals surface area contributed by atoms with E-state index in [1.165, 1.54) is 23.4 Å². The molecule has 0 N–H and O–H groups in total. The first kappa shape index (κ1) is 15.6. The van der Waals surface area contributed by atoms with Crippen molar-refractivity contribution in [3.05, 3.63) is 42.5 Å².